The van der Waals surface area contributed by atoms with E-state index in [4.69, 9.17) is 11.5 Å². The Morgan fingerprint density at radius 2 is 1.50 bits per heavy atom. The SMILES string of the molecule is NC(N)=[NH+]N=C(c1ccccc1)[C@@H](O)c1ccccc1. The fourth-order valence-electron chi connectivity index (χ4n) is 1.81. The molecule has 2 aromatic rings. The van der Waals surface area contributed by atoms with Crippen LogP contribution in [0.1, 0.15) is 17.2 Å². The second-order valence-corrected chi connectivity index (χ2v) is 4.24. The zero-order chi connectivity index (χ0) is 14.4. The Bertz CT molecular complexity index is 604. The van der Waals surface area contributed by atoms with Crippen molar-refractivity contribution in [1.29, 1.82) is 0 Å². The highest BCUT2D eigenvalue weighted by Crippen LogP contribution is 2.18. The molecule has 0 fully saturated rings. The molecule has 2 aromatic carbocycles. The number of nitrogens with zero attached hydrogens (tertiary/aromatic N) is 1. The van der Waals surface area contributed by atoms with Gasteiger partial charge in [-0.2, -0.15) is 5.10 Å². The summed E-state index contributed by atoms with van der Waals surface area (Å²) in [6.45, 7) is 0. The number of aliphatic hydroxyl groups is 1. The lowest BCUT2D eigenvalue weighted by atomic mass is 9.99. The minimum atomic E-state index is -0.870. The summed E-state index contributed by atoms with van der Waals surface area (Å²) in [7, 11) is 0. The van der Waals surface area contributed by atoms with Crippen LogP contribution in [0, 0.1) is 0 Å². The van der Waals surface area contributed by atoms with Crippen LogP contribution in [0.5, 0.6) is 0 Å². The molecule has 2 rings (SSSR count). The van der Waals surface area contributed by atoms with Gasteiger partial charge in [0.25, 0.3) is 0 Å². The van der Waals surface area contributed by atoms with E-state index in [1.54, 1.807) is 0 Å². The van der Waals surface area contributed by atoms with Crippen LogP contribution in [0.4, 0.5) is 0 Å². The Kier molecular flexibility index (Phi) is 4.47. The van der Waals surface area contributed by atoms with Gasteiger partial charge in [0, 0.05) is 5.56 Å². The second kappa shape index (κ2) is 6.49. The first-order valence-corrected chi connectivity index (χ1v) is 6.18. The van der Waals surface area contributed by atoms with E-state index >= 15 is 0 Å². The van der Waals surface area contributed by atoms with Crippen molar-refractivity contribution in [1.82, 2.24) is 0 Å². The lowest BCUT2D eigenvalue weighted by Gasteiger charge is -2.13. The first-order valence-electron chi connectivity index (χ1n) is 6.18. The third-order valence-electron chi connectivity index (χ3n) is 2.75. The molecule has 0 unspecified atom stereocenters. The van der Waals surface area contributed by atoms with Crippen molar-refractivity contribution >= 4 is 11.7 Å². The van der Waals surface area contributed by atoms with Gasteiger partial charge in [0.15, 0.2) is 0 Å². The molecule has 1 atom stereocenters. The van der Waals surface area contributed by atoms with Crippen molar-refractivity contribution in [3.63, 3.8) is 0 Å². The van der Waals surface area contributed by atoms with Crippen LogP contribution >= 0.6 is 0 Å². The number of hydrogen-bond acceptors (Lipinski definition) is 2. The van der Waals surface area contributed by atoms with Crippen molar-refractivity contribution in [3.05, 3.63) is 71.8 Å². The van der Waals surface area contributed by atoms with Crippen LogP contribution in [-0.4, -0.2) is 16.8 Å². The lowest BCUT2D eigenvalue weighted by molar-refractivity contribution is -0.464. The fraction of sp³-hybridized carbons (Fsp3) is 0.0667. The van der Waals surface area contributed by atoms with Gasteiger partial charge in [-0.1, -0.05) is 60.7 Å². The van der Waals surface area contributed by atoms with Gasteiger partial charge in [-0.25, -0.2) is 0 Å². The standard InChI is InChI=1S/C15H16N4O/c16-15(17)19-18-13(11-7-3-1-4-8-11)14(20)12-9-5-2-6-10-12/h1-10,14,20H,(H4,16,17,19)/p+1/t14-/m0/s1. The number of hydrazone groups is 1. The molecule has 0 aromatic heterocycles. The van der Waals surface area contributed by atoms with E-state index in [0.29, 0.717) is 5.71 Å². The Hall–Kier alpha value is -2.66. The molecule has 102 valence electrons. The van der Waals surface area contributed by atoms with Gasteiger partial charge in [-0.15, -0.1) is 5.10 Å². The van der Waals surface area contributed by atoms with Crippen LogP contribution in [0.25, 0.3) is 0 Å². The minimum Gasteiger partial charge on any atom is -0.382 e. The summed E-state index contributed by atoms with van der Waals surface area (Å²) in [4.78, 5) is 0. The number of nitrogens with one attached hydrogen (secondary N) is 1. The molecule has 5 nitrogen and oxygen atoms in total. The molecular formula is C15H17N4O+. The first-order chi connectivity index (χ1) is 9.68. The maximum atomic E-state index is 10.5. The average Bonchev–Trinajstić information content (AvgIpc) is 2.49. The van der Waals surface area contributed by atoms with Crippen molar-refractivity contribution in [2.24, 2.45) is 16.6 Å². The van der Waals surface area contributed by atoms with Gasteiger partial charge in [0.05, 0.1) is 0 Å². The van der Waals surface area contributed by atoms with E-state index in [1.165, 1.54) is 0 Å². The van der Waals surface area contributed by atoms with Gasteiger partial charge < -0.3 is 5.11 Å². The number of guanidine groups is 1. The monoisotopic (exact) mass is 269 g/mol. The van der Waals surface area contributed by atoms with Crippen LogP contribution < -0.4 is 16.6 Å². The minimum absolute atomic E-state index is 0.0290. The largest absolute Gasteiger partial charge is 0.382 e. The number of rotatable bonds is 4. The topological polar surface area (TPSA) is 98.6 Å². The molecule has 0 radical (unpaired) electrons. The Labute approximate surface area is 117 Å². The molecule has 0 saturated heterocycles. The highest BCUT2D eigenvalue weighted by molar-refractivity contribution is 6.03. The quantitative estimate of drug-likeness (QED) is 0.341. The van der Waals surface area contributed by atoms with Crippen LogP contribution in [0.3, 0.4) is 0 Å². The molecular weight excluding hydrogens is 252 g/mol. The van der Waals surface area contributed by atoms with E-state index < -0.39 is 6.10 Å². The molecule has 20 heavy (non-hydrogen) atoms. The second-order valence-electron chi connectivity index (χ2n) is 4.24. The summed E-state index contributed by atoms with van der Waals surface area (Å²) in [6.07, 6.45) is -0.870. The van der Waals surface area contributed by atoms with Crippen molar-refractivity contribution in [3.8, 4) is 0 Å². The average molecular weight is 269 g/mol. The van der Waals surface area contributed by atoms with Crippen molar-refractivity contribution in [2.45, 2.75) is 6.10 Å². The van der Waals surface area contributed by atoms with Crippen molar-refractivity contribution in [2.75, 3.05) is 0 Å². The van der Waals surface area contributed by atoms with E-state index in [2.05, 4.69) is 10.2 Å². The zero-order valence-electron chi connectivity index (χ0n) is 10.9. The number of nitrogens with two attached hydrogens (primary N) is 2. The molecule has 0 aliphatic heterocycles. The molecule has 0 bridgehead atoms. The first kappa shape index (κ1) is 13.8. The Balaban J connectivity index is 2.42. The Morgan fingerprint density at radius 3 is 2.05 bits per heavy atom. The van der Waals surface area contributed by atoms with E-state index in [-0.39, 0.29) is 5.96 Å². The van der Waals surface area contributed by atoms with Gasteiger partial charge in [-0.3, -0.25) is 11.5 Å². The molecule has 0 aliphatic carbocycles. The van der Waals surface area contributed by atoms with Crippen LogP contribution in [0.2, 0.25) is 0 Å². The summed E-state index contributed by atoms with van der Waals surface area (Å²) in [5, 5.41) is 17.1. The van der Waals surface area contributed by atoms with Crippen LogP contribution in [-0.2, 0) is 0 Å². The Morgan fingerprint density at radius 1 is 0.950 bits per heavy atom. The number of benzene rings is 2. The van der Waals surface area contributed by atoms with Gasteiger partial charge in [-0.05, 0) is 5.56 Å². The van der Waals surface area contributed by atoms with E-state index in [1.807, 2.05) is 60.7 Å². The third-order valence-corrected chi connectivity index (χ3v) is 2.75. The lowest BCUT2D eigenvalue weighted by Crippen LogP contribution is -2.73. The van der Waals surface area contributed by atoms with Gasteiger partial charge in [0.1, 0.15) is 11.8 Å². The summed E-state index contributed by atoms with van der Waals surface area (Å²) in [5.41, 5.74) is 12.7. The third kappa shape index (κ3) is 3.43. The molecule has 6 N–H and O–H groups in total. The summed E-state index contributed by atoms with van der Waals surface area (Å²) in [6, 6.07) is 18.6. The summed E-state index contributed by atoms with van der Waals surface area (Å²) < 4.78 is 0. The molecule has 0 heterocycles. The predicted octanol–water partition coefficient (Wildman–Crippen LogP) is -0.522. The van der Waals surface area contributed by atoms with E-state index in [0.717, 1.165) is 11.1 Å². The molecule has 0 amide bonds. The molecule has 0 spiro atoms. The smallest absolute Gasteiger partial charge is 0.362 e. The molecule has 0 aliphatic rings. The molecule has 0 saturated carbocycles. The maximum absolute atomic E-state index is 10.5. The summed E-state index contributed by atoms with van der Waals surface area (Å²) in [5.74, 6) is -0.0290. The van der Waals surface area contributed by atoms with Crippen LogP contribution in [0.15, 0.2) is 65.8 Å². The zero-order valence-corrected chi connectivity index (χ0v) is 10.9. The fourth-order valence-corrected chi connectivity index (χ4v) is 1.81. The van der Waals surface area contributed by atoms with E-state index in [9.17, 15) is 5.11 Å². The molecule has 5 heteroatoms. The maximum Gasteiger partial charge on any atom is 0.362 e. The van der Waals surface area contributed by atoms with Crippen molar-refractivity contribution < 1.29 is 10.2 Å². The summed E-state index contributed by atoms with van der Waals surface area (Å²) >= 11 is 0. The number of aliphatic hydroxyl groups excluding tert-OH is 1. The highest BCUT2D eigenvalue weighted by Gasteiger charge is 2.17. The van der Waals surface area contributed by atoms with Gasteiger partial charge in [0.2, 0.25) is 0 Å². The van der Waals surface area contributed by atoms with Gasteiger partial charge >= 0.3 is 5.96 Å². The number of hydrogen-bond donors (Lipinski definition) is 4. The predicted molar refractivity (Wildman–Crippen MR) is 78.7 cm³/mol. The highest BCUT2D eigenvalue weighted by atomic mass is 16.3. The normalized spacial score (nSPS) is 12.8.